The fraction of sp³-hybridized carbons (Fsp3) is 0.333. The van der Waals surface area contributed by atoms with E-state index in [0.29, 0.717) is 11.6 Å². The molecule has 108 valence electrons. The highest BCUT2D eigenvalue weighted by molar-refractivity contribution is 7.13. The summed E-state index contributed by atoms with van der Waals surface area (Å²) >= 11 is 1.19. The molecule has 0 saturated heterocycles. The highest BCUT2D eigenvalue weighted by Gasteiger charge is 2.30. The third-order valence-corrected chi connectivity index (χ3v) is 3.14. The monoisotopic (exact) mass is 303 g/mol. The molecule has 0 spiro atoms. The minimum atomic E-state index is -4.39. The smallest absolute Gasteiger partial charge is 0.416 e. The molecule has 0 radical (unpaired) electrons. The van der Waals surface area contributed by atoms with Crippen molar-refractivity contribution in [1.82, 2.24) is 15.5 Å². The molecule has 0 aliphatic carbocycles. The van der Waals surface area contributed by atoms with Gasteiger partial charge in [0.1, 0.15) is 10.8 Å². The van der Waals surface area contributed by atoms with Gasteiger partial charge in [0.15, 0.2) is 0 Å². The number of nitrogens with zero attached hydrogens (tertiary/aromatic N) is 2. The minimum Gasteiger partial charge on any atom is -0.430 e. The van der Waals surface area contributed by atoms with Crippen LogP contribution in [0.1, 0.15) is 17.5 Å². The Hall–Kier alpha value is -1.67. The molecule has 1 aromatic carbocycles. The lowest BCUT2D eigenvalue weighted by Gasteiger charge is -2.07. The second-order valence-corrected chi connectivity index (χ2v) is 4.89. The van der Waals surface area contributed by atoms with Crippen molar-refractivity contribution in [2.45, 2.75) is 19.6 Å². The molecule has 4 nitrogen and oxygen atoms in total. The molecule has 8 heteroatoms. The van der Waals surface area contributed by atoms with Gasteiger partial charge >= 0.3 is 6.18 Å². The summed E-state index contributed by atoms with van der Waals surface area (Å²) in [5.41, 5.74) is -0.757. The van der Waals surface area contributed by atoms with Crippen LogP contribution in [0, 0.1) is 0 Å². The zero-order valence-corrected chi connectivity index (χ0v) is 11.4. The molecular formula is C12H12F3N3OS. The Morgan fingerprint density at radius 1 is 1.30 bits per heavy atom. The largest absolute Gasteiger partial charge is 0.430 e. The average molecular weight is 303 g/mol. The lowest BCUT2D eigenvalue weighted by atomic mass is 10.2. The molecule has 0 saturated carbocycles. The van der Waals surface area contributed by atoms with E-state index in [0.717, 1.165) is 18.7 Å². The van der Waals surface area contributed by atoms with Crippen molar-refractivity contribution in [2.24, 2.45) is 0 Å². The normalized spacial score (nSPS) is 11.6. The van der Waals surface area contributed by atoms with Crippen molar-refractivity contribution < 1.29 is 17.9 Å². The van der Waals surface area contributed by atoms with Gasteiger partial charge in [0.25, 0.3) is 5.19 Å². The maximum atomic E-state index is 12.6. The van der Waals surface area contributed by atoms with Gasteiger partial charge in [-0.1, -0.05) is 29.4 Å². The summed E-state index contributed by atoms with van der Waals surface area (Å²) in [5, 5.41) is 11.7. The first kappa shape index (κ1) is 14.7. The topological polar surface area (TPSA) is 47.0 Å². The summed E-state index contributed by atoms with van der Waals surface area (Å²) in [6.45, 7) is 3.31. The molecule has 2 rings (SSSR count). The van der Waals surface area contributed by atoms with E-state index in [-0.39, 0.29) is 10.9 Å². The molecule has 0 unspecified atom stereocenters. The van der Waals surface area contributed by atoms with Crippen LogP contribution in [0.25, 0.3) is 0 Å². The molecule has 20 heavy (non-hydrogen) atoms. The number of halogens is 3. The Balaban J connectivity index is 2.08. The van der Waals surface area contributed by atoms with Gasteiger partial charge in [0.2, 0.25) is 0 Å². The Kier molecular flexibility index (Phi) is 4.56. The number of benzene rings is 1. The van der Waals surface area contributed by atoms with Crippen molar-refractivity contribution in [3.8, 4) is 10.9 Å². The van der Waals surface area contributed by atoms with Gasteiger partial charge in [-0.25, -0.2) is 0 Å². The lowest BCUT2D eigenvalue weighted by Crippen LogP contribution is -2.11. The summed E-state index contributed by atoms with van der Waals surface area (Å²) in [6, 6.07) is 4.66. The summed E-state index contributed by atoms with van der Waals surface area (Å²) in [6.07, 6.45) is -4.39. The first-order valence-corrected chi connectivity index (χ1v) is 6.69. The number of hydrogen-bond donors (Lipinski definition) is 1. The number of rotatable bonds is 5. The maximum Gasteiger partial charge on any atom is 0.416 e. The molecule has 0 fully saturated rings. The second-order valence-electron chi connectivity index (χ2n) is 3.87. The highest BCUT2D eigenvalue weighted by Crippen LogP contribution is 2.33. The van der Waals surface area contributed by atoms with E-state index in [1.54, 1.807) is 0 Å². The zero-order valence-electron chi connectivity index (χ0n) is 10.6. The van der Waals surface area contributed by atoms with Crippen LogP contribution in [0.3, 0.4) is 0 Å². The number of nitrogens with one attached hydrogen (secondary N) is 1. The van der Waals surface area contributed by atoms with Gasteiger partial charge in [0, 0.05) is 6.54 Å². The molecule has 0 bridgehead atoms. The van der Waals surface area contributed by atoms with Crippen molar-refractivity contribution in [3.05, 3.63) is 34.8 Å². The summed E-state index contributed by atoms with van der Waals surface area (Å²) in [7, 11) is 0. The fourth-order valence-corrected chi connectivity index (χ4v) is 2.10. The van der Waals surface area contributed by atoms with Crippen LogP contribution in [-0.4, -0.2) is 16.7 Å². The van der Waals surface area contributed by atoms with Gasteiger partial charge in [-0.3, -0.25) is 0 Å². The van der Waals surface area contributed by atoms with E-state index in [1.165, 1.54) is 23.5 Å². The number of aromatic nitrogens is 2. The van der Waals surface area contributed by atoms with Gasteiger partial charge < -0.3 is 10.1 Å². The van der Waals surface area contributed by atoms with Gasteiger partial charge in [-0.2, -0.15) is 13.2 Å². The summed E-state index contributed by atoms with van der Waals surface area (Å²) < 4.78 is 43.0. The molecule has 1 N–H and O–H groups in total. The van der Waals surface area contributed by atoms with Gasteiger partial charge in [-0.15, -0.1) is 5.10 Å². The van der Waals surface area contributed by atoms with Crippen LogP contribution in [0.5, 0.6) is 10.9 Å². The Labute approximate surface area is 117 Å². The van der Waals surface area contributed by atoms with Crippen LogP contribution >= 0.6 is 11.3 Å². The van der Waals surface area contributed by atoms with Crippen LogP contribution in [0.4, 0.5) is 13.2 Å². The van der Waals surface area contributed by atoms with E-state index >= 15 is 0 Å². The molecule has 1 aromatic heterocycles. The zero-order chi connectivity index (χ0) is 14.6. The lowest BCUT2D eigenvalue weighted by molar-refractivity contribution is -0.137. The second kappa shape index (κ2) is 6.19. The number of ether oxygens (including phenoxy) is 1. The van der Waals surface area contributed by atoms with Crippen molar-refractivity contribution in [3.63, 3.8) is 0 Å². The van der Waals surface area contributed by atoms with Crippen LogP contribution < -0.4 is 10.1 Å². The molecular weight excluding hydrogens is 291 g/mol. The maximum absolute atomic E-state index is 12.6. The summed E-state index contributed by atoms with van der Waals surface area (Å²) in [4.78, 5) is 0. The van der Waals surface area contributed by atoms with Gasteiger partial charge in [-0.05, 0) is 24.7 Å². The van der Waals surface area contributed by atoms with E-state index < -0.39 is 11.7 Å². The van der Waals surface area contributed by atoms with Crippen molar-refractivity contribution in [2.75, 3.05) is 6.54 Å². The van der Waals surface area contributed by atoms with Gasteiger partial charge in [0.05, 0.1) is 5.56 Å². The highest BCUT2D eigenvalue weighted by atomic mass is 32.1. The van der Waals surface area contributed by atoms with Crippen molar-refractivity contribution >= 4 is 11.3 Å². The quantitative estimate of drug-likeness (QED) is 0.919. The van der Waals surface area contributed by atoms with Crippen LogP contribution in [0.2, 0.25) is 0 Å². The predicted octanol–water partition coefficient (Wildman–Crippen LogP) is 3.46. The Morgan fingerprint density at radius 2 is 2.10 bits per heavy atom. The third kappa shape index (κ3) is 3.91. The molecule has 0 atom stereocenters. The standard InChI is InChI=1S/C12H12F3N3OS/c1-2-16-7-10-17-18-11(20-10)19-9-5-3-4-8(6-9)12(13,14)15/h3-6,16H,2,7H2,1H3. The fourth-order valence-electron chi connectivity index (χ4n) is 1.42. The molecule has 0 aliphatic rings. The van der Waals surface area contributed by atoms with Crippen LogP contribution in [0.15, 0.2) is 24.3 Å². The van der Waals surface area contributed by atoms with E-state index in [1.807, 2.05) is 6.92 Å². The molecule has 1 heterocycles. The predicted molar refractivity (Wildman–Crippen MR) is 68.8 cm³/mol. The SMILES string of the molecule is CCNCc1nnc(Oc2cccc(C(F)(F)F)c2)s1. The van der Waals surface area contributed by atoms with E-state index in [9.17, 15) is 13.2 Å². The Morgan fingerprint density at radius 3 is 2.80 bits per heavy atom. The molecule has 0 aliphatic heterocycles. The Bertz CT molecular complexity index is 571. The first-order valence-electron chi connectivity index (χ1n) is 5.87. The van der Waals surface area contributed by atoms with Crippen molar-refractivity contribution in [1.29, 1.82) is 0 Å². The molecule has 0 amide bonds. The molecule has 2 aromatic rings. The number of hydrogen-bond acceptors (Lipinski definition) is 5. The third-order valence-electron chi connectivity index (χ3n) is 2.34. The number of alkyl halides is 3. The van der Waals surface area contributed by atoms with E-state index in [2.05, 4.69) is 15.5 Å². The average Bonchev–Trinajstić information content (AvgIpc) is 2.83. The summed E-state index contributed by atoms with van der Waals surface area (Å²) in [5.74, 6) is 0.0889. The minimum absolute atomic E-state index is 0.0889. The first-order chi connectivity index (χ1) is 9.49. The van der Waals surface area contributed by atoms with Crippen LogP contribution in [-0.2, 0) is 12.7 Å². The van der Waals surface area contributed by atoms with E-state index in [4.69, 9.17) is 4.74 Å².